The van der Waals surface area contributed by atoms with E-state index in [1.165, 1.54) is 22.1 Å². The predicted molar refractivity (Wildman–Crippen MR) is 74.9 cm³/mol. The zero-order valence-corrected chi connectivity index (χ0v) is 12.3. The Bertz CT molecular complexity index is 388. The number of thiazole rings is 1. The molecule has 96 valence electrons. The molecule has 0 aliphatic carbocycles. The lowest BCUT2D eigenvalue weighted by atomic mass is 10.1. The van der Waals surface area contributed by atoms with Crippen molar-refractivity contribution in [3.63, 3.8) is 0 Å². The third-order valence-corrected chi connectivity index (χ3v) is 5.05. The first-order valence-electron chi connectivity index (χ1n) is 6.44. The van der Waals surface area contributed by atoms with Crippen LogP contribution < -0.4 is 10.2 Å². The summed E-state index contributed by atoms with van der Waals surface area (Å²) in [6.45, 7) is 10.1. The van der Waals surface area contributed by atoms with Crippen LogP contribution in [0.2, 0.25) is 0 Å². The third-order valence-electron chi connectivity index (χ3n) is 3.68. The van der Waals surface area contributed by atoms with Gasteiger partial charge >= 0.3 is 0 Å². The molecule has 3 nitrogen and oxygen atoms in total. The maximum absolute atomic E-state index is 4.75. The van der Waals surface area contributed by atoms with Crippen LogP contribution in [0, 0.1) is 12.8 Å². The van der Waals surface area contributed by atoms with Crippen molar-refractivity contribution in [3.05, 3.63) is 10.6 Å². The van der Waals surface area contributed by atoms with E-state index in [4.69, 9.17) is 4.98 Å². The molecule has 0 radical (unpaired) electrons. The Morgan fingerprint density at radius 1 is 1.47 bits per heavy atom. The van der Waals surface area contributed by atoms with Gasteiger partial charge in [-0.05, 0) is 40.2 Å². The molecule has 0 aromatic carbocycles. The Morgan fingerprint density at radius 2 is 2.18 bits per heavy atom. The Labute approximate surface area is 108 Å². The monoisotopic (exact) mass is 253 g/mol. The fourth-order valence-electron chi connectivity index (χ4n) is 2.62. The van der Waals surface area contributed by atoms with E-state index >= 15 is 0 Å². The van der Waals surface area contributed by atoms with E-state index in [-0.39, 0.29) is 0 Å². The van der Waals surface area contributed by atoms with E-state index in [1.54, 1.807) is 0 Å². The molecule has 1 fully saturated rings. The first-order chi connectivity index (χ1) is 8.02. The molecule has 1 aromatic rings. The summed E-state index contributed by atoms with van der Waals surface area (Å²) in [4.78, 5) is 8.59. The average Bonchev–Trinajstić information content (AvgIpc) is 2.80. The molecular formula is C13H23N3S. The fraction of sp³-hybridized carbons (Fsp3) is 0.769. The molecule has 1 aliphatic rings. The highest BCUT2D eigenvalue weighted by Gasteiger charge is 2.29. The van der Waals surface area contributed by atoms with Crippen molar-refractivity contribution in [3.8, 4) is 0 Å². The summed E-state index contributed by atoms with van der Waals surface area (Å²) in [5.41, 5.74) is 1.18. The number of anilines is 1. The maximum atomic E-state index is 4.75. The highest BCUT2D eigenvalue weighted by molar-refractivity contribution is 7.15. The normalized spacial score (nSPS) is 26.5. The van der Waals surface area contributed by atoms with E-state index < -0.39 is 0 Å². The molecule has 2 heterocycles. The van der Waals surface area contributed by atoms with Gasteiger partial charge < -0.3 is 10.2 Å². The van der Waals surface area contributed by atoms with Crippen LogP contribution in [0.3, 0.4) is 0 Å². The maximum Gasteiger partial charge on any atom is 0.186 e. The van der Waals surface area contributed by atoms with Crippen molar-refractivity contribution in [2.24, 2.45) is 5.92 Å². The van der Waals surface area contributed by atoms with Crippen molar-refractivity contribution in [2.75, 3.05) is 18.5 Å². The second-order valence-electron chi connectivity index (χ2n) is 5.30. The van der Waals surface area contributed by atoms with Gasteiger partial charge in [0.1, 0.15) is 0 Å². The Morgan fingerprint density at radius 3 is 2.71 bits per heavy atom. The summed E-state index contributed by atoms with van der Waals surface area (Å²) < 4.78 is 0. The molecule has 0 spiro atoms. The average molecular weight is 253 g/mol. The standard InChI is InChI=1S/C13H23N3S/c1-8-6-9(2)16(7-8)13-15-11(4)12(17-13)10(3)14-5/h8-10,14H,6-7H2,1-5H3. The molecule has 1 aliphatic heterocycles. The molecule has 1 saturated heterocycles. The number of rotatable bonds is 3. The Hall–Kier alpha value is -0.610. The van der Waals surface area contributed by atoms with Crippen LogP contribution in [0.15, 0.2) is 0 Å². The molecular weight excluding hydrogens is 230 g/mol. The number of aryl methyl sites for hydroxylation is 1. The zero-order chi connectivity index (χ0) is 12.6. The molecule has 0 saturated carbocycles. The minimum atomic E-state index is 0.400. The first kappa shape index (κ1) is 12.8. The van der Waals surface area contributed by atoms with Gasteiger partial charge in [-0.3, -0.25) is 0 Å². The fourth-order valence-corrected chi connectivity index (χ4v) is 3.85. The molecule has 17 heavy (non-hydrogen) atoms. The third kappa shape index (κ3) is 2.47. The number of hydrogen-bond donors (Lipinski definition) is 1. The van der Waals surface area contributed by atoms with E-state index in [2.05, 4.69) is 37.9 Å². The summed E-state index contributed by atoms with van der Waals surface area (Å²) in [5.74, 6) is 0.791. The Kier molecular flexibility index (Phi) is 3.73. The largest absolute Gasteiger partial charge is 0.345 e. The van der Waals surface area contributed by atoms with Gasteiger partial charge in [-0.2, -0.15) is 0 Å². The van der Waals surface area contributed by atoms with E-state index in [0.29, 0.717) is 12.1 Å². The molecule has 1 aromatic heterocycles. The lowest BCUT2D eigenvalue weighted by molar-refractivity contribution is 0.625. The first-order valence-corrected chi connectivity index (χ1v) is 7.25. The Balaban J connectivity index is 2.23. The quantitative estimate of drug-likeness (QED) is 0.897. The number of nitrogens with zero attached hydrogens (tertiary/aromatic N) is 2. The van der Waals surface area contributed by atoms with Crippen molar-refractivity contribution in [2.45, 2.75) is 46.2 Å². The number of aromatic nitrogens is 1. The summed E-state index contributed by atoms with van der Waals surface area (Å²) in [6, 6.07) is 1.03. The summed E-state index contributed by atoms with van der Waals surface area (Å²) >= 11 is 1.85. The predicted octanol–water partition coefficient (Wildman–Crippen LogP) is 2.97. The van der Waals surface area contributed by atoms with Crippen LogP contribution in [0.4, 0.5) is 5.13 Å². The minimum Gasteiger partial charge on any atom is -0.345 e. The van der Waals surface area contributed by atoms with Crippen LogP contribution in [0.1, 0.15) is 43.8 Å². The molecule has 2 rings (SSSR count). The second-order valence-corrected chi connectivity index (χ2v) is 6.31. The summed E-state index contributed by atoms with van der Waals surface area (Å²) in [7, 11) is 2.00. The van der Waals surface area contributed by atoms with E-state index in [9.17, 15) is 0 Å². The van der Waals surface area contributed by atoms with Gasteiger partial charge in [0.05, 0.1) is 5.69 Å². The highest BCUT2D eigenvalue weighted by Crippen LogP contribution is 2.35. The topological polar surface area (TPSA) is 28.2 Å². The minimum absolute atomic E-state index is 0.400. The zero-order valence-electron chi connectivity index (χ0n) is 11.4. The summed E-state index contributed by atoms with van der Waals surface area (Å²) in [5, 5.41) is 4.50. The van der Waals surface area contributed by atoms with Gasteiger partial charge in [0, 0.05) is 23.5 Å². The van der Waals surface area contributed by atoms with Gasteiger partial charge in [-0.25, -0.2) is 4.98 Å². The lowest BCUT2D eigenvalue weighted by Gasteiger charge is -2.20. The van der Waals surface area contributed by atoms with Gasteiger partial charge in [-0.15, -0.1) is 11.3 Å². The van der Waals surface area contributed by atoms with Gasteiger partial charge in [0.2, 0.25) is 0 Å². The van der Waals surface area contributed by atoms with Crippen molar-refractivity contribution >= 4 is 16.5 Å². The molecule has 0 amide bonds. The molecule has 3 unspecified atom stereocenters. The smallest absolute Gasteiger partial charge is 0.186 e. The highest BCUT2D eigenvalue weighted by atomic mass is 32.1. The van der Waals surface area contributed by atoms with Crippen molar-refractivity contribution < 1.29 is 0 Å². The number of nitrogens with one attached hydrogen (secondary N) is 1. The van der Waals surface area contributed by atoms with Gasteiger partial charge in [0.15, 0.2) is 5.13 Å². The van der Waals surface area contributed by atoms with Crippen LogP contribution in [-0.4, -0.2) is 24.6 Å². The van der Waals surface area contributed by atoms with Crippen LogP contribution >= 0.6 is 11.3 Å². The second kappa shape index (κ2) is 4.94. The summed E-state index contributed by atoms with van der Waals surface area (Å²) in [6.07, 6.45) is 1.29. The molecule has 0 bridgehead atoms. The van der Waals surface area contributed by atoms with Crippen molar-refractivity contribution in [1.82, 2.24) is 10.3 Å². The lowest BCUT2D eigenvalue weighted by Crippen LogP contribution is -2.26. The van der Waals surface area contributed by atoms with Crippen LogP contribution in [-0.2, 0) is 0 Å². The van der Waals surface area contributed by atoms with Crippen LogP contribution in [0.5, 0.6) is 0 Å². The van der Waals surface area contributed by atoms with Crippen LogP contribution in [0.25, 0.3) is 0 Å². The SMILES string of the molecule is CNC(C)c1sc(N2CC(C)CC2C)nc1C. The number of hydrogen-bond acceptors (Lipinski definition) is 4. The van der Waals surface area contributed by atoms with E-state index in [1.807, 2.05) is 18.4 Å². The van der Waals surface area contributed by atoms with Gasteiger partial charge in [-0.1, -0.05) is 6.92 Å². The van der Waals surface area contributed by atoms with Gasteiger partial charge in [0.25, 0.3) is 0 Å². The molecule has 3 atom stereocenters. The van der Waals surface area contributed by atoms with E-state index in [0.717, 1.165) is 12.5 Å². The van der Waals surface area contributed by atoms with Crippen molar-refractivity contribution in [1.29, 1.82) is 0 Å². The molecule has 1 N–H and O–H groups in total. The molecule has 4 heteroatoms.